The maximum atomic E-state index is 11.4. The lowest BCUT2D eigenvalue weighted by Gasteiger charge is -2.37. The number of hydrogen-bond acceptors (Lipinski definition) is 4. The van der Waals surface area contributed by atoms with Gasteiger partial charge in [0.05, 0.1) is 11.9 Å². The highest BCUT2D eigenvalue weighted by atomic mass is 32.2. The van der Waals surface area contributed by atoms with Crippen LogP contribution in [0.15, 0.2) is 30.3 Å². The fraction of sp³-hybridized carbons (Fsp3) is 0.538. The zero-order valence-electron chi connectivity index (χ0n) is 11.0. The largest absolute Gasteiger partial charge is 0.388 e. The number of hydrogen-bond donors (Lipinski definition) is 2. The molecule has 0 spiro atoms. The van der Waals surface area contributed by atoms with E-state index in [1.165, 1.54) is 10.6 Å². The van der Waals surface area contributed by atoms with Crippen LogP contribution in [0.5, 0.6) is 0 Å². The molecule has 19 heavy (non-hydrogen) atoms. The Hall–Kier alpha value is -1.11. The summed E-state index contributed by atoms with van der Waals surface area (Å²) in [5.74, 6) is 0. The van der Waals surface area contributed by atoms with Crippen molar-refractivity contribution in [2.45, 2.75) is 18.4 Å². The van der Waals surface area contributed by atoms with Crippen LogP contribution in [0.25, 0.3) is 0 Å². The third kappa shape index (κ3) is 3.92. The van der Waals surface area contributed by atoms with Crippen molar-refractivity contribution < 1.29 is 13.5 Å². The van der Waals surface area contributed by atoms with E-state index in [0.717, 1.165) is 5.69 Å². The molecule has 1 aliphatic rings. The minimum Gasteiger partial charge on any atom is -0.388 e. The second-order valence-electron chi connectivity index (χ2n) is 5.11. The number of rotatable bonds is 4. The number of anilines is 1. The van der Waals surface area contributed by atoms with Crippen LogP contribution >= 0.6 is 0 Å². The SMILES string of the molecule is CS(=O)(=O)N1CCC(O)(CNc2ccccc2)CC1. The van der Waals surface area contributed by atoms with Gasteiger partial charge < -0.3 is 10.4 Å². The van der Waals surface area contributed by atoms with E-state index in [1.807, 2.05) is 30.3 Å². The first-order valence-corrected chi connectivity index (χ1v) is 8.20. The van der Waals surface area contributed by atoms with Gasteiger partial charge >= 0.3 is 0 Å². The standard InChI is InChI=1S/C13H20N2O3S/c1-19(17,18)15-9-7-13(16,8-10-15)11-14-12-5-3-2-4-6-12/h2-6,14,16H,7-11H2,1H3. The third-order valence-electron chi connectivity index (χ3n) is 3.52. The summed E-state index contributed by atoms with van der Waals surface area (Å²) in [6.07, 6.45) is 2.12. The number of piperidine rings is 1. The molecule has 6 heteroatoms. The van der Waals surface area contributed by atoms with Gasteiger partial charge in [-0.3, -0.25) is 0 Å². The van der Waals surface area contributed by atoms with Gasteiger partial charge in [-0.05, 0) is 25.0 Å². The van der Waals surface area contributed by atoms with Crippen LogP contribution in [0.1, 0.15) is 12.8 Å². The molecule has 0 aromatic heterocycles. The topological polar surface area (TPSA) is 69.6 Å². The first-order chi connectivity index (χ1) is 8.89. The van der Waals surface area contributed by atoms with Crippen molar-refractivity contribution in [1.82, 2.24) is 4.31 Å². The minimum atomic E-state index is -3.14. The van der Waals surface area contributed by atoms with Crippen LogP contribution < -0.4 is 5.32 Å². The fourth-order valence-electron chi connectivity index (χ4n) is 2.23. The van der Waals surface area contributed by atoms with Crippen molar-refractivity contribution in [3.8, 4) is 0 Å². The van der Waals surface area contributed by atoms with E-state index in [1.54, 1.807) is 0 Å². The van der Waals surface area contributed by atoms with Crippen LogP contribution in [0.2, 0.25) is 0 Å². The smallest absolute Gasteiger partial charge is 0.211 e. The van der Waals surface area contributed by atoms with Gasteiger partial charge in [0.25, 0.3) is 0 Å². The summed E-state index contributed by atoms with van der Waals surface area (Å²) in [5.41, 5.74) is 0.123. The Labute approximate surface area is 114 Å². The average molecular weight is 284 g/mol. The number of nitrogens with zero attached hydrogens (tertiary/aromatic N) is 1. The normalized spacial score (nSPS) is 20.1. The summed E-state index contributed by atoms with van der Waals surface area (Å²) in [5, 5.41) is 13.6. The molecule has 2 N–H and O–H groups in total. The van der Waals surface area contributed by atoms with E-state index in [0.29, 0.717) is 32.5 Å². The van der Waals surface area contributed by atoms with Crippen molar-refractivity contribution in [3.05, 3.63) is 30.3 Å². The van der Waals surface area contributed by atoms with Crippen molar-refractivity contribution in [2.24, 2.45) is 0 Å². The molecular formula is C13H20N2O3S. The monoisotopic (exact) mass is 284 g/mol. The highest BCUT2D eigenvalue weighted by Crippen LogP contribution is 2.24. The Morgan fingerprint density at radius 3 is 2.37 bits per heavy atom. The second kappa shape index (κ2) is 5.48. The van der Waals surface area contributed by atoms with Gasteiger partial charge in [0.15, 0.2) is 0 Å². The molecule has 0 bridgehead atoms. The predicted molar refractivity (Wildman–Crippen MR) is 75.5 cm³/mol. The number of nitrogens with one attached hydrogen (secondary N) is 1. The lowest BCUT2D eigenvalue weighted by molar-refractivity contribution is 0.00729. The van der Waals surface area contributed by atoms with E-state index in [4.69, 9.17) is 0 Å². The summed E-state index contributed by atoms with van der Waals surface area (Å²) in [4.78, 5) is 0. The Bertz CT molecular complexity index is 508. The molecule has 2 rings (SSSR count). The Morgan fingerprint density at radius 2 is 1.84 bits per heavy atom. The van der Waals surface area contributed by atoms with Crippen LogP contribution in [0, 0.1) is 0 Å². The van der Waals surface area contributed by atoms with Gasteiger partial charge in [-0.2, -0.15) is 0 Å². The predicted octanol–water partition coefficient (Wildman–Crippen LogP) is 0.885. The average Bonchev–Trinajstić information content (AvgIpc) is 2.37. The maximum absolute atomic E-state index is 11.4. The highest BCUT2D eigenvalue weighted by molar-refractivity contribution is 7.88. The van der Waals surface area contributed by atoms with Crippen LogP contribution in [0.4, 0.5) is 5.69 Å². The van der Waals surface area contributed by atoms with Gasteiger partial charge in [0, 0.05) is 25.3 Å². The molecule has 1 heterocycles. The molecule has 0 aliphatic carbocycles. The van der Waals surface area contributed by atoms with Gasteiger partial charge in [-0.25, -0.2) is 12.7 Å². The van der Waals surface area contributed by atoms with E-state index < -0.39 is 15.6 Å². The third-order valence-corrected chi connectivity index (χ3v) is 4.82. The summed E-state index contributed by atoms with van der Waals surface area (Å²) >= 11 is 0. The Kier molecular flexibility index (Phi) is 4.13. The van der Waals surface area contributed by atoms with Crippen molar-refractivity contribution >= 4 is 15.7 Å². The van der Waals surface area contributed by atoms with Crippen molar-refractivity contribution in [1.29, 1.82) is 0 Å². The zero-order chi connectivity index (χ0) is 13.9. The molecule has 1 aromatic carbocycles. The number of benzene rings is 1. The Balaban J connectivity index is 1.88. The Morgan fingerprint density at radius 1 is 1.26 bits per heavy atom. The molecule has 0 atom stereocenters. The molecular weight excluding hydrogens is 264 g/mol. The summed E-state index contributed by atoms with van der Waals surface area (Å²) in [6, 6.07) is 9.67. The summed E-state index contributed by atoms with van der Waals surface area (Å²) in [7, 11) is -3.14. The first-order valence-electron chi connectivity index (χ1n) is 6.36. The lowest BCUT2D eigenvalue weighted by Crippen LogP contribution is -2.49. The summed E-state index contributed by atoms with van der Waals surface area (Å²) < 4.78 is 24.2. The molecule has 5 nitrogen and oxygen atoms in total. The first kappa shape index (κ1) is 14.3. The second-order valence-corrected chi connectivity index (χ2v) is 7.09. The molecule has 1 saturated heterocycles. The van der Waals surface area contributed by atoms with E-state index in [9.17, 15) is 13.5 Å². The van der Waals surface area contributed by atoms with Crippen LogP contribution in [-0.2, 0) is 10.0 Å². The van der Waals surface area contributed by atoms with Crippen molar-refractivity contribution in [3.63, 3.8) is 0 Å². The zero-order valence-corrected chi connectivity index (χ0v) is 11.9. The van der Waals surface area contributed by atoms with Crippen LogP contribution in [0.3, 0.4) is 0 Å². The number of aliphatic hydroxyl groups is 1. The van der Waals surface area contributed by atoms with Crippen LogP contribution in [-0.4, -0.2) is 49.3 Å². The fourth-order valence-corrected chi connectivity index (χ4v) is 3.08. The molecule has 0 saturated carbocycles. The van der Waals surface area contributed by atoms with Gasteiger partial charge in [0.2, 0.25) is 10.0 Å². The maximum Gasteiger partial charge on any atom is 0.211 e. The quantitative estimate of drug-likeness (QED) is 0.861. The van der Waals surface area contributed by atoms with E-state index in [-0.39, 0.29) is 0 Å². The molecule has 106 valence electrons. The minimum absolute atomic E-state index is 0.381. The molecule has 0 unspecified atom stereocenters. The van der Waals surface area contributed by atoms with Crippen molar-refractivity contribution in [2.75, 3.05) is 31.2 Å². The number of sulfonamides is 1. The highest BCUT2D eigenvalue weighted by Gasteiger charge is 2.34. The van der Waals surface area contributed by atoms with Gasteiger partial charge in [0.1, 0.15) is 0 Å². The molecule has 1 fully saturated rings. The summed E-state index contributed by atoms with van der Waals surface area (Å²) in [6.45, 7) is 1.20. The van der Waals surface area contributed by atoms with Gasteiger partial charge in [-0.1, -0.05) is 18.2 Å². The van der Waals surface area contributed by atoms with E-state index >= 15 is 0 Å². The molecule has 1 aromatic rings. The molecule has 1 aliphatic heterocycles. The molecule has 0 radical (unpaired) electrons. The molecule has 0 amide bonds. The number of para-hydroxylation sites is 1. The van der Waals surface area contributed by atoms with E-state index in [2.05, 4.69) is 5.32 Å². The lowest BCUT2D eigenvalue weighted by atomic mass is 9.92. The van der Waals surface area contributed by atoms with Gasteiger partial charge in [-0.15, -0.1) is 0 Å².